The van der Waals surface area contributed by atoms with E-state index in [0.717, 1.165) is 12.0 Å². The van der Waals surface area contributed by atoms with Crippen molar-refractivity contribution < 1.29 is 19.0 Å². The maximum Gasteiger partial charge on any atom is 0.338 e. The van der Waals surface area contributed by atoms with Gasteiger partial charge in [-0.2, -0.15) is 0 Å². The summed E-state index contributed by atoms with van der Waals surface area (Å²) in [5.74, 6) is 0.650. The van der Waals surface area contributed by atoms with Gasteiger partial charge in [0.25, 0.3) is 5.56 Å². The van der Waals surface area contributed by atoms with Gasteiger partial charge in [0.1, 0.15) is 24.1 Å². The second-order valence-electron chi connectivity index (χ2n) is 8.47. The fourth-order valence-corrected chi connectivity index (χ4v) is 5.54. The molecule has 1 aliphatic heterocycles. The number of thiazole rings is 1. The van der Waals surface area contributed by atoms with E-state index in [2.05, 4.69) is 6.58 Å². The summed E-state index contributed by atoms with van der Waals surface area (Å²) in [6.45, 7) is 8.00. The van der Waals surface area contributed by atoms with E-state index in [1.165, 1.54) is 15.9 Å². The molecule has 2 heterocycles. The summed E-state index contributed by atoms with van der Waals surface area (Å²) in [7, 11) is 1.54. The van der Waals surface area contributed by atoms with Crippen molar-refractivity contribution in [2.24, 2.45) is 4.99 Å². The van der Waals surface area contributed by atoms with Crippen LogP contribution in [0.3, 0.4) is 0 Å². The van der Waals surface area contributed by atoms with E-state index in [4.69, 9.17) is 30.8 Å². The molecular weight excluding hydrogens is 524 g/mol. The molecule has 0 aliphatic carbocycles. The summed E-state index contributed by atoms with van der Waals surface area (Å²) < 4.78 is 18.7. The lowest BCUT2D eigenvalue weighted by atomic mass is 9.93. The Morgan fingerprint density at radius 2 is 2.05 bits per heavy atom. The SMILES string of the molecule is C=CCOc1cccc(/C=c2/sc3n(c2=O)[C@H](c2cc(Cl)ccc2OC)C(C(=O)OCC)=C(CCC)N=3)c1. The number of ether oxygens (including phenoxy) is 3. The molecule has 0 saturated carbocycles. The molecule has 9 heteroatoms. The van der Waals surface area contributed by atoms with Crippen LogP contribution in [0.2, 0.25) is 5.02 Å². The van der Waals surface area contributed by atoms with Crippen LogP contribution >= 0.6 is 22.9 Å². The standard InChI is InChI=1S/C29H29ClN2O5S/c1-5-9-22-25(28(34)36-7-3)26(21-17-19(30)12-13-23(21)35-4)32-27(33)24(38-29(32)31-22)16-18-10-8-11-20(15-18)37-14-6-2/h6,8,10-13,15-17,26H,2,5,7,9,14H2,1,3-4H3/b24-16+/t26-/m1/s1. The predicted octanol–water partition coefficient (Wildman–Crippen LogP) is 4.81. The van der Waals surface area contributed by atoms with Crippen LogP contribution in [-0.2, 0) is 9.53 Å². The van der Waals surface area contributed by atoms with Crippen molar-refractivity contribution in [2.45, 2.75) is 32.7 Å². The monoisotopic (exact) mass is 552 g/mol. The van der Waals surface area contributed by atoms with Gasteiger partial charge < -0.3 is 14.2 Å². The normalized spacial score (nSPS) is 15.1. The molecule has 0 saturated heterocycles. The lowest BCUT2D eigenvalue weighted by Gasteiger charge is -2.27. The fraction of sp³-hybridized carbons (Fsp3) is 0.276. The Kier molecular flexibility index (Phi) is 8.86. The average Bonchev–Trinajstić information content (AvgIpc) is 3.21. The minimum Gasteiger partial charge on any atom is -0.496 e. The first-order valence-electron chi connectivity index (χ1n) is 12.3. The molecule has 4 rings (SSSR count). The number of hydrogen-bond acceptors (Lipinski definition) is 7. The van der Waals surface area contributed by atoms with Gasteiger partial charge in [0, 0.05) is 10.6 Å². The number of esters is 1. The van der Waals surface area contributed by atoms with Gasteiger partial charge >= 0.3 is 5.97 Å². The number of fused-ring (bicyclic) bond motifs is 1. The molecule has 0 radical (unpaired) electrons. The Labute approximate surface area is 230 Å². The molecule has 1 atom stereocenters. The number of allylic oxidation sites excluding steroid dienone is 1. The summed E-state index contributed by atoms with van der Waals surface area (Å²) >= 11 is 7.65. The third-order valence-corrected chi connectivity index (χ3v) is 7.12. The first kappa shape index (κ1) is 27.4. The van der Waals surface area contributed by atoms with E-state index in [9.17, 15) is 9.59 Å². The topological polar surface area (TPSA) is 79.1 Å². The van der Waals surface area contributed by atoms with Gasteiger partial charge in [0.05, 0.1) is 29.5 Å². The van der Waals surface area contributed by atoms with Gasteiger partial charge in [-0.1, -0.05) is 61.1 Å². The zero-order chi connectivity index (χ0) is 27.2. The zero-order valence-corrected chi connectivity index (χ0v) is 23.1. The number of methoxy groups -OCH3 is 1. The lowest BCUT2D eigenvalue weighted by molar-refractivity contribution is -0.139. The highest BCUT2D eigenvalue weighted by molar-refractivity contribution is 7.07. The summed E-state index contributed by atoms with van der Waals surface area (Å²) in [6, 6.07) is 11.8. The number of halogens is 1. The quantitative estimate of drug-likeness (QED) is 0.266. The van der Waals surface area contributed by atoms with Crippen molar-refractivity contribution in [3.63, 3.8) is 0 Å². The first-order valence-corrected chi connectivity index (χ1v) is 13.5. The molecular formula is C29H29ClN2O5S. The number of nitrogens with zero attached hydrogens (tertiary/aromatic N) is 2. The Bertz CT molecular complexity index is 1570. The molecule has 0 amide bonds. The van der Waals surface area contributed by atoms with Crippen molar-refractivity contribution in [1.29, 1.82) is 0 Å². The Balaban J connectivity index is 1.98. The fourth-order valence-electron chi connectivity index (χ4n) is 4.33. The largest absolute Gasteiger partial charge is 0.496 e. The zero-order valence-electron chi connectivity index (χ0n) is 21.5. The highest BCUT2D eigenvalue weighted by Crippen LogP contribution is 2.38. The maximum absolute atomic E-state index is 13.9. The van der Waals surface area contributed by atoms with Crippen LogP contribution in [0.15, 0.2) is 76.2 Å². The molecule has 0 unspecified atom stereocenters. The second-order valence-corrected chi connectivity index (χ2v) is 9.92. The average molecular weight is 553 g/mol. The number of hydrogen-bond donors (Lipinski definition) is 0. The number of aromatic nitrogens is 1. The van der Waals surface area contributed by atoms with Gasteiger partial charge in [-0.25, -0.2) is 9.79 Å². The molecule has 0 spiro atoms. The molecule has 0 fully saturated rings. The van der Waals surface area contributed by atoms with Crippen molar-refractivity contribution in [3.8, 4) is 11.5 Å². The first-order chi connectivity index (χ1) is 18.4. The predicted molar refractivity (Wildman–Crippen MR) is 150 cm³/mol. The highest BCUT2D eigenvalue weighted by atomic mass is 35.5. The molecule has 1 aliphatic rings. The molecule has 2 aromatic carbocycles. The van der Waals surface area contributed by atoms with Crippen molar-refractivity contribution >= 4 is 35.0 Å². The summed E-state index contributed by atoms with van der Waals surface area (Å²) in [6.07, 6.45) is 4.77. The minimum absolute atomic E-state index is 0.190. The van der Waals surface area contributed by atoms with Gasteiger partial charge in [-0.05, 0) is 55.3 Å². The Hall–Kier alpha value is -3.62. The minimum atomic E-state index is -0.815. The van der Waals surface area contributed by atoms with Crippen molar-refractivity contribution in [3.05, 3.63) is 102 Å². The number of carbonyl (C=O) groups excluding carboxylic acids is 1. The third kappa shape index (κ3) is 5.61. The third-order valence-electron chi connectivity index (χ3n) is 5.90. The van der Waals surface area contributed by atoms with E-state index >= 15 is 0 Å². The lowest BCUT2D eigenvalue weighted by Crippen LogP contribution is -2.40. The van der Waals surface area contributed by atoms with E-state index in [1.54, 1.807) is 44.4 Å². The van der Waals surface area contributed by atoms with Crippen LogP contribution < -0.4 is 24.4 Å². The van der Waals surface area contributed by atoms with E-state index in [-0.39, 0.29) is 12.2 Å². The Morgan fingerprint density at radius 1 is 1.24 bits per heavy atom. The van der Waals surface area contributed by atoms with E-state index in [0.29, 0.717) is 55.7 Å². The summed E-state index contributed by atoms with van der Waals surface area (Å²) in [5.41, 5.74) is 2.00. The van der Waals surface area contributed by atoms with Crippen molar-refractivity contribution in [1.82, 2.24) is 4.57 Å². The summed E-state index contributed by atoms with van der Waals surface area (Å²) in [4.78, 5) is 32.5. The van der Waals surface area contributed by atoms with Crippen LogP contribution in [0.1, 0.15) is 43.9 Å². The van der Waals surface area contributed by atoms with Gasteiger partial charge in [0.15, 0.2) is 4.80 Å². The highest BCUT2D eigenvalue weighted by Gasteiger charge is 2.36. The number of benzene rings is 2. The molecule has 1 aromatic heterocycles. The van der Waals surface area contributed by atoms with Crippen LogP contribution in [0.5, 0.6) is 11.5 Å². The summed E-state index contributed by atoms with van der Waals surface area (Å²) in [5, 5.41) is 0.455. The molecule has 0 bridgehead atoms. The van der Waals surface area contributed by atoms with Crippen molar-refractivity contribution in [2.75, 3.05) is 20.3 Å². The van der Waals surface area contributed by atoms with Crippen LogP contribution in [0, 0.1) is 0 Å². The van der Waals surface area contributed by atoms with Gasteiger partial charge in [-0.15, -0.1) is 0 Å². The molecule has 0 N–H and O–H groups in total. The molecule has 38 heavy (non-hydrogen) atoms. The number of rotatable bonds is 10. The Morgan fingerprint density at radius 3 is 2.76 bits per heavy atom. The van der Waals surface area contributed by atoms with Crippen LogP contribution in [0.4, 0.5) is 0 Å². The molecule has 3 aromatic rings. The molecule has 198 valence electrons. The maximum atomic E-state index is 13.9. The smallest absolute Gasteiger partial charge is 0.338 e. The van der Waals surface area contributed by atoms with Gasteiger partial charge in [-0.3, -0.25) is 9.36 Å². The van der Waals surface area contributed by atoms with E-state index < -0.39 is 12.0 Å². The molecule has 7 nitrogen and oxygen atoms in total. The van der Waals surface area contributed by atoms with Crippen LogP contribution in [0.25, 0.3) is 6.08 Å². The van der Waals surface area contributed by atoms with Crippen LogP contribution in [-0.4, -0.2) is 30.9 Å². The second kappa shape index (κ2) is 12.3. The van der Waals surface area contributed by atoms with E-state index in [1.807, 2.05) is 31.2 Å². The van der Waals surface area contributed by atoms with Gasteiger partial charge in [0.2, 0.25) is 0 Å². The number of carbonyl (C=O) groups is 1.